The first-order valence-electron chi connectivity index (χ1n) is 9.21. The van der Waals surface area contributed by atoms with Crippen molar-refractivity contribution in [2.24, 2.45) is 0 Å². The van der Waals surface area contributed by atoms with Crippen molar-refractivity contribution in [2.75, 3.05) is 0 Å². The lowest BCUT2D eigenvalue weighted by atomic mass is 10.2. The van der Waals surface area contributed by atoms with E-state index in [0.717, 1.165) is 6.07 Å². The maximum Gasteiger partial charge on any atom is 0.453 e. The Hall–Kier alpha value is -3.30. The standard InChI is InChI=1S/C23H11BrClF3O5/c24-13-5-3-4-12(10-13)22(30)31-14-8-9-15-18(11-14)33-21(23(26,27)28)20(19(15)29)32-17-7-2-1-6-16(17)25/h1-11H. The van der Waals surface area contributed by atoms with E-state index in [4.69, 9.17) is 25.5 Å². The van der Waals surface area contributed by atoms with Crippen LogP contribution in [0.4, 0.5) is 13.2 Å². The predicted octanol–water partition coefficient (Wildman–Crippen LogP) is 7.24. The van der Waals surface area contributed by atoms with E-state index in [0.29, 0.717) is 4.47 Å². The van der Waals surface area contributed by atoms with E-state index in [1.54, 1.807) is 18.2 Å². The molecule has 0 amide bonds. The number of halogens is 5. The summed E-state index contributed by atoms with van der Waals surface area (Å²) >= 11 is 9.18. The molecule has 0 aliphatic carbocycles. The van der Waals surface area contributed by atoms with Crippen molar-refractivity contribution in [3.63, 3.8) is 0 Å². The fourth-order valence-corrected chi connectivity index (χ4v) is 3.49. The maximum atomic E-state index is 13.7. The molecule has 4 aromatic rings. The zero-order valence-corrected chi connectivity index (χ0v) is 18.6. The number of rotatable bonds is 4. The fraction of sp³-hybridized carbons (Fsp3) is 0.0435. The first-order chi connectivity index (χ1) is 15.6. The normalized spacial score (nSPS) is 11.4. The molecule has 0 aliphatic rings. The van der Waals surface area contributed by atoms with Crippen molar-refractivity contribution < 1.29 is 31.9 Å². The molecule has 3 aromatic carbocycles. The summed E-state index contributed by atoms with van der Waals surface area (Å²) in [6.45, 7) is 0. The molecular weight excluding hydrogens is 529 g/mol. The van der Waals surface area contributed by atoms with Crippen LogP contribution in [0, 0.1) is 0 Å². The van der Waals surface area contributed by atoms with E-state index in [2.05, 4.69) is 15.9 Å². The predicted molar refractivity (Wildman–Crippen MR) is 118 cm³/mol. The van der Waals surface area contributed by atoms with Crippen molar-refractivity contribution >= 4 is 44.5 Å². The van der Waals surface area contributed by atoms with E-state index in [9.17, 15) is 22.8 Å². The molecule has 1 aromatic heterocycles. The Balaban J connectivity index is 1.77. The number of hydrogen-bond acceptors (Lipinski definition) is 5. The number of para-hydroxylation sites is 1. The lowest BCUT2D eigenvalue weighted by Crippen LogP contribution is -2.15. The van der Waals surface area contributed by atoms with Crippen molar-refractivity contribution in [3.05, 3.63) is 97.8 Å². The number of fused-ring (bicyclic) bond motifs is 1. The van der Waals surface area contributed by atoms with Crippen LogP contribution in [0.25, 0.3) is 11.0 Å². The molecule has 0 fully saturated rings. The largest absolute Gasteiger partial charge is 0.453 e. The highest BCUT2D eigenvalue weighted by atomic mass is 79.9. The molecule has 1 heterocycles. The van der Waals surface area contributed by atoms with Crippen molar-refractivity contribution in [1.29, 1.82) is 0 Å². The summed E-state index contributed by atoms with van der Waals surface area (Å²) in [6.07, 6.45) is -5.05. The van der Waals surface area contributed by atoms with Gasteiger partial charge >= 0.3 is 12.1 Å². The average Bonchev–Trinajstić information content (AvgIpc) is 2.76. The minimum absolute atomic E-state index is 0.0138. The van der Waals surface area contributed by atoms with Gasteiger partial charge in [-0.3, -0.25) is 4.79 Å². The minimum atomic E-state index is -5.05. The van der Waals surface area contributed by atoms with Crippen molar-refractivity contribution in [2.45, 2.75) is 6.18 Å². The summed E-state index contributed by atoms with van der Waals surface area (Å²) in [5, 5.41) is -0.188. The van der Waals surface area contributed by atoms with Gasteiger partial charge < -0.3 is 13.9 Å². The average molecular weight is 540 g/mol. The summed E-state index contributed by atoms with van der Waals surface area (Å²) in [7, 11) is 0. The van der Waals surface area contributed by atoms with E-state index in [-0.39, 0.29) is 27.5 Å². The van der Waals surface area contributed by atoms with Crippen molar-refractivity contribution in [1.82, 2.24) is 0 Å². The molecular formula is C23H11BrClF3O5. The maximum absolute atomic E-state index is 13.7. The van der Waals surface area contributed by atoms with Crippen LogP contribution in [0.5, 0.6) is 17.2 Å². The van der Waals surface area contributed by atoms with Crippen LogP contribution in [0.15, 0.2) is 80.4 Å². The monoisotopic (exact) mass is 538 g/mol. The van der Waals surface area contributed by atoms with Gasteiger partial charge in [0.05, 0.1) is 16.0 Å². The molecule has 0 unspecified atom stereocenters. The van der Waals surface area contributed by atoms with Gasteiger partial charge in [-0.15, -0.1) is 0 Å². The molecule has 0 saturated heterocycles. The van der Waals surface area contributed by atoms with Crippen LogP contribution < -0.4 is 14.9 Å². The molecule has 4 rings (SSSR count). The van der Waals surface area contributed by atoms with Gasteiger partial charge in [-0.05, 0) is 42.5 Å². The van der Waals surface area contributed by atoms with E-state index in [1.807, 2.05) is 0 Å². The zero-order valence-electron chi connectivity index (χ0n) is 16.3. The molecule has 10 heteroatoms. The van der Waals surface area contributed by atoms with Crippen LogP contribution in [-0.2, 0) is 6.18 Å². The summed E-state index contributed by atoms with van der Waals surface area (Å²) < 4.78 is 57.2. The number of esters is 1. The Morgan fingerprint density at radius 2 is 1.76 bits per heavy atom. The summed E-state index contributed by atoms with van der Waals surface area (Å²) in [5.41, 5.74) is -1.28. The van der Waals surface area contributed by atoms with Crippen LogP contribution in [-0.4, -0.2) is 5.97 Å². The smallest absolute Gasteiger partial charge is 0.448 e. The van der Waals surface area contributed by atoms with Gasteiger partial charge in [0.1, 0.15) is 17.1 Å². The van der Waals surface area contributed by atoms with Gasteiger partial charge in [0.2, 0.25) is 11.2 Å². The highest BCUT2D eigenvalue weighted by Crippen LogP contribution is 2.39. The molecule has 0 aliphatic heterocycles. The van der Waals surface area contributed by atoms with Gasteiger partial charge in [0.15, 0.2) is 0 Å². The fourth-order valence-electron chi connectivity index (χ4n) is 2.92. The Kier molecular flexibility index (Phi) is 6.18. The number of alkyl halides is 3. The lowest BCUT2D eigenvalue weighted by molar-refractivity contribution is -0.154. The molecule has 5 nitrogen and oxygen atoms in total. The highest BCUT2D eigenvalue weighted by Gasteiger charge is 2.40. The summed E-state index contributed by atoms with van der Waals surface area (Å²) in [4.78, 5) is 25.2. The number of hydrogen-bond donors (Lipinski definition) is 0. The number of ether oxygens (including phenoxy) is 2. The van der Waals surface area contributed by atoms with Gasteiger partial charge in [0, 0.05) is 10.5 Å². The third-order valence-corrected chi connectivity index (χ3v) is 5.20. The van der Waals surface area contributed by atoms with Crippen LogP contribution in [0.1, 0.15) is 16.1 Å². The van der Waals surface area contributed by atoms with E-state index in [1.165, 1.54) is 42.5 Å². The van der Waals surface area contributed by atoms with Crippen LogP contribution >= 0.6 is 27.5 Å². The Morgan fingerprint density at radius 1 is 1.00 bits per heavy atom. The van der Waals surface area contributed by atoms with Gasteiger partial charge in [-0.25, -0.2) is 4.79 Å². The Morgan fingerprint density at radius 3 is 2.45 bits per heavy atom. The van der Waals surface area contributed by atoms with E-state index < -0.39 is 34.7 Å². The molecule has 0 spiro atoms. The SMILES string of the molecule is O=C(Oc1ccc2c(=O)c(Oc3ccccc3Cl)c(C(F)(F)F)oc2c1)c1cccc(Br)c1. The molecule has 33 heavy (non-hydrogen) atoms. The van der Waals surface area contributed by atoms with E-state index >= 15 is 0 Å². The number of carbonyl (C=O) groups excluding carboxylic acids is 1. The third-order valence-electron chi connectivity index (χ3n) is 4.40. The second kappa shape index (κ2) is 8.92. The van der Waals surface area contributed by atoms with Gasteiger partial charge in [-0.1, -0.05) is 45.7 Å². The molecule has 0 bridgehead atoms. The second-order valence-corrected chi connectivity index (χ2v) is 8.00. The number of benzene rings is 3. The van der Waals surface area contributed by atoms with Crippen LogP contribution in [0.3, 0.4) is 0 Å². The van der Waals surface area contributed by atoms with Gasteiger partial charge in [0.25, 0.3) is 5.76 Å². The van der Waals surface area contributed by atoms with Gasteiger partial charge in [-0.2, -0.15) is 13.2 Å². The zero-order chi connectivity index (χ0) is 23.8. The van der Waals surface area contributed by atoms with Crippen LogP contribution in [0.2, 0.25) is 5.02 Å². The Labute approximate surface area is 197 Å². The molecule has 168 valence electrons. The quantitative estimate of drug-likeness (QED) is 0.202. The Bertz CT molecular complexity index is 1430. The lowest BCUT2D eigenvalue weighted by Gasteiger charge is -2.14. The molecule has 0 atom stereocenters. The van der Waals surface area contributed by atoms with Crippen molar-refractivity contribution in [3.8, 4) is 17.2 Å². The molecule has 0 N–H and O–H groups in total. The third kappa shape index (κ3) is 4.89. The summed E-state index contributed by atoms with van der Waals surface area (Å²) in [5.74, 6) is -3.69. The number of carbonyl (C=O) groups is 1. The highest BCUT2D eigenvalue weighted by molar-refractivity contribution is 9.10. The topological polar surface area (TPSA) is 65.7 Å². The first-order valence-corrected chi connectivity index (χ1v) is 10.4. The molecule has 0 saturated carbocycles. The first kappa shape index (κ1) is 22.9. The molecule has 0 radical (unpaired) electrons. The second-order valence-electron chi connectivity index (χ2n) is 6.68. The minimum Gasteiger partial charge on any atom is -0.448 e. The summed E-state index contributed by atoms with van der Waals surface area (Å²) in [6, 6.07) is 15.6.